The second-order valence-corrected chi connectivity index (χ2v) is 2.33. The molecule has 0 saturated carbocycles. The fraction of sp³-hybridized carbons (Fsp3) is 0.125. The van der Waals surface area contributed by atoms with Crippen molar-refractivity contribution in [1.82, 2.24) is 5.32 Å². The molecular weight excluding hydrogens is 209 g/mol. The molecule has 0 saturated heterocycles. The molecule has 0 aliphatic rings. The van der Waals surface area contributed by atoms with Gasteiger partial charge in [-0.2, -0.15) is 10.5 Å². The monoisotopic (exact) mass is 215 g/mol. The summed E-state index contributed by atoms with van der Waals surface area (Å²) >= 11 is 4.62. The summed E-state index contributed by atoms with van der Waals surface area (Å²) in [5, 5.41) is 18.8. The minimum Gasteiger partial charge on any atom is -0.760 e. The van der Waals surface area contributed by atoms with E-state index in [1.54, 1.807) is 19.1 Å². The van der Waals surface area contributed by atoms with E-state index < -0.39 is 5.91 Å². The van der Waals surface area contributed by atoms with Crippen LogP contribution in [0.3, 0.4) is 0 Å². The first-order valence-corrected chi connectivity index (χ1v) is 3.71. The summed E-state index contributed by atoms with van der Waals surface area (Å²) in [4.78, 5) is 10.9. The summed E-state index contributed by atoms with van der Waals surface area (Å²) in [6, 6.07) is 3.15. The fourth-order valence-corrected chi connectivity index (χ4v) is 0.686. The van der Waals surface area contributed by atoms with Gasteiger partial charge in [-0.25, -0.2) is 0 Å². The van der Waals surface area contributed by atoms with E-state index in [9.17, 15) is 4.79 Å². The molecular formula is C8H6N3NaOS. The molecule has 0 fully saturated rings. The van der Waals surface area contributed by atoms with E-state index in [2.05, 4.69) is 17.9 Å². The van der Waals surface area contributed by atoms with Gasteiger partial charge in [-0.15, -0.1) is 0 Å². The number of allylic oxidation sites excluding steroid dienone is 2. The zero-order chi connectivity index (χ0) is 10.3. The number of nitrogens with one attached hydrogen (secondary N) is 1. The molecule has 0 heterocycles. The van der Waals surface area contributed by atoms with Crippen LogP contribution in [0.25, 0.3) is 0 Å². The molecule has 0 aromatic rings. The number of amides is 1. The molecule has 66 valence electrons. The van der Waals surface area contributed by atoms with Crippen LogP contribution in [0.1, 0.15) is 6.92 Å². The van der Waals surface area contributed by atoms with E-state index in [1.807, 2.05) is 0 Å². The third-order valence-corrected chi connectivity index (χ3v) is 1.31. The Morgan fingerprint density at radius 2 is 1.93 bits per heavy atom. The predicted octanol–water partition coefficient (Wildman–Crippen LogP) is -2.51. The molecule has 0 bridgehead atoms. The molecule has 0 atom stereocenters. The van der Waals surface area contributed by atoms with Crippen molar-refractivity contribution in [3.63, 3.8) is 0 Å². The number of carbonyl (C=O) groups excluding carboxylic acids is 1. The number of hydrogen-bond acceptors (Lipinski definition) is 4. The molecule has 0 spiro atoms. The van der Waals surface area contributed by atoms with E-state index in [1.165, 1.54) is 12.2 Å². The molecule has 0 radical (unpaired) electrons. The molecule has 14 heavy (non-hydrogen) atoms. The van der Waals surface area contributed by atoms with Crippen LogP contribution in [0.2, 0.25) is 0 Å². The number of rotatable bonds is 2. The van der Waals surface area contributed by atoms with Gasteiger partial charge in [0.1, 0.15) is 17.7 Å². The Hall–Kier alpha value is -0.850. The fourth-order valence-electron chi connectivity index (χ4n) is 0.494. The van der Waals surface area contributed by atoms with E-state index in [-0.39, 0.29) is 40.2 Å². The Kier molecular flexibility index (Phi) is 9.74. The summed E-state index contributed by atoms with van der Waals surface area (Å²) in [5.74, 6) is -0.449. The number of nitriles is 2. The first-order valence-electron chi connectivity index (χ1n) is 3.30. The zero-order valence-corrected chi connectivity index (χ0v) is 10.7. The minimum atomic E-state index is -0.449. The van der Waals surface area contributed by atoms with E-state index in [4.69, 9.17) is 10.5 Å². The van der Waals surface area contributed by atoms with Gasteiger partial charge in [-0.05, 0) is 13.0 Å². The topological polar surface area (TPSA) is 76.7 Å². The van der Waals surface area contributed by atoms with Crippen molar-refractivity contribution in [2.75, 3.05) is 0 Å². The Morgan fingerprint density at radius 1 is 1.43 bits per heavy atom. The van der Waals surface area contributed by atoms with Gasteiger partial charge in [-0.1, -0.05) is 11.1 Å². The van der Waals surface area contributed by atoms with E-state index >= 15 is 0 Å². The predicted molar refractivity (Wildman–Crippen MR) is 48.6 cm³/mol. The maximum atomic E-state index is 10.9. The summed E-state index contributed by atoms with van der Waals surface area (Å²) in [6.07, 6.45) is 2.77. The van der Waals surface area contributed by atoms with E-state index in [0.717, 1.165) is 0 Å². The van der Waals surface area contributed by atoms with Crippen molar-refractivity contribution in [2.45, 2.75) is 6.92 Å². The van der Waals surface area contributed by atoms with Crippen LogP contribution < -0.4 is 34.9 Å². The quantitative estimate of drug-likeness (QED) is 0.239. The Bertz CT molecular complexity index is 333. The molecule has 1 amide bonds. The summed E-state index contributed by atoms with van der Waals surface area (Å²) in [6.45, 7) is 1.67. The molecule has 0 rings (SSSR count). The average molecular weight is 215 g/mol. The van der Waals surface area contributed by atoms with Gasteiger partial charge in [-0.3, -0.25) is 4.79 Å². The van der Waals surface area contributed by atoms with Crippen LogP contribution in [0.4, 0.5) is 0 Å². The first-order chi connectivity index (χ1) is 6.15. The van der Waals surface area contributed by atoms with Gasteiger partial charge in [0.15, 0.2) is 0 Å². The summed E-state index contributed by atoms with van der Waals surface area (Å²) in [7, 11) is 0. The molecule has 0 aliphatic heterocycles. The summed E-state index contributed by atoms with van der Waals surface area (Å²) in [5.41, 5.74) is -0.271. The van der Waals surface area contributed by atoms with Crippen LogP contribution in [-0.4, -0.2) is 5.91 Å². The Morgan fingerprint density at radius 3 is 2.29 bits per heavy atom. The SMILES string of the molecule is C/C=C\C(=O)NC([S-])=C(C#N)C#N.[Na+]. The normalized spacial score (nSPS) is 7.93. The van der Waals surface area contributed by atoms with Crippen molar-refractivity contribution in [1.29, 1.82) is 10.5 Å². The van der Waals surface area contributed by atoms with Crippen LogP contribution in [0.5, 0.6) is 0 Å². The molecule has 0 aliphatic carbocycles. The molecule has 1 N–H and O–H groups in total. The average Bonchev–Trinajstić information content (AvgIpc) is 2.06. The Labute approximate surface area is 110 Å². The van der Waals surface area contributed by atoms with Gasteiger partial charge >= 0.3 is 29.6 Å². The zero-order valence-electron chi connectivity index (χ0n) is 7.87. The minimum absolute atomic E-state index is 0. The van der Waals surface area contributed by atoms with Gasteiger partial charge < -0.3 is 17.9 Å². The van der Waals surface area contributed by atoms with Crippen molar-refractivity contribution < 1.29 is 34.4 Å². The van der Waals surface area contributed by atoms with E-state index in [0.29, 0.717) is 0 Å². The third-order valence-electron chi connectivity index (χ3n) is 1.01. The third kappa shape index (κ3) is 5.74. The Balaban J connectivity index is 0. The number of nitrogens with zero attached hydrogens (tertiary/aromatic N) is 2. The molecule has 0 aromatic heterocycles. The summed E-state index contributed by atoms with van der Waals surface area (Å²) < 4.78 is 0. The van der Waals surface area contributed by atoms with Crippen molar-refractivity contribution in [3.05, 3.63) is 22.8 Å². The maximum Gasteiger partial charge on any atom is 1.00 e. The van der Waals surface area contributed by atoms with Crippen molar-refractivity contribution in [3.8, 4) is 12.1 Å². The van der Waals surface area contributed by atoms with Crippen molar-refractivity contribution in [2.24, 2.45) is 0 Å². The first kappa shape index (κ1) is 15.6. The standard InChI is InChI=1S/C8H7N3OS.Na/c1-2-3-7(12)11-8(13)6(4-9)5-10;/h2-3,13H,1H3,(H,11,12);/q;+1/p-1/b3-2-;. The van der Waals surface area contributed by atoms with Crippen LogP contribution >= 0.6 is 0 Å². The van der Waals surface area contributed by atoms with Gasteiger partial charge in [0.05, 0.1) is 0 Å². The molecule has 0 aromatic carbocycles. The smallest absolute Gasteiger partial charge is 0.760 e. The van der Waals surface area contributed by atoms with Gasteiger partial charge in [0.25, 0.3) is 0 Å². The van der Waals surface area contributed by atoms with Crippen LogP contribution in [0.15, 0.2) is 22.8 Å². The molecule has 0 unspecified atom stereocenters. The second kappa shape index (κ2) is 8.74. The van der Waals surface area contributed by atoms with Gasteiger partial charge in [0, 0.05) is 0 Å². The van der Waals surface area contributed by atoms with Crippen molar-refractivity contribution >= 4 is 18.5 Å². The largest absolute Gasteiger partial charge is 1.00 e. The molecule has 6 heteroatoms. The van der Waals surface area contributed by atoms with Crippen LogP contribution in [0, 0.1) is 22.7 Å². The second-order valence-electron chi connectivity index (χ2n) is 1.92. The molecule has 4 nitrogen and oxygen atoms in total. The van der Waals surface area contributed by atoms with Gasteiger partial charge in [0.2, 0.25) is 5.91 Å². The number of hydrogen-bond donors (Lipinski definition) is 1. The maximum absolute atomic E-state index is 10.9. The van der Waals surface area contributed by atoms with Crippen LogP contribution in [-0.2, 0) is 17.4 Å². The number of carbonyl (C=O) groups is 1.